The number of carbonyl (C=O) groups is 1. The predicted molar refractivity (Wildman–Crippen MR) is 72.4 cm³/mol. The third kappa shape index (κ3) is 2.12. The summed E-state index contributed by atoms with van der Waals surface area (Å²) in [6, 6.07) is 0. The molecule has 4 bridgehead atoms. The van der Waals surface area contributed by atoms with Crippen LogP contribution in [-0.2, 0) is 9.53 Å². The SMILES string of the molecule is C=CC(=O)OCC(C)(O)C12CC3CC(CC(C3)C1)C2. The highest BCUT2D eigenvalue weighted by Gasteiger charge is 2.58. The van der Waals surface area contributed by atoms with Gasteiger partial charge in [-0.05, 0) is 63.2 Å². The summed E-state index contributed by atoms with van der Waals surface area (Å²) < 4.78 is 5.14. The first-order valence-corrected chi connectivity index (χ1v) is 7.46. The first-order chi connectivity index (χ1) is 8.94. The maximum Gasteiger partial charge on any atom is 0.330 e. The molecule has 1 atom stereocenters. The second-order valence-corrected chi connectivity index (χ2v) is 7.28. The Labute approximate surface area is 115 Å². The lowest BCUT2D eigenvalue weighted by Gasteiger charge is -2.61. The van der Waals surface area contributed by atoms with Crippen molar-refractivity contribution in [1.82, 2.24) is 0 Å². The molecule has 4 aliphatic carbocycles. The predicted octanol–water partition coefficient (Wildman–Crippen LogP) is 2.68. The molecule has 3 nitrogen and oxygen atoms in total. The van der Waals surface area contributed by atoms with Crippen LogP contribution in [-0.4, -0.2) is 23.3 Å². The first kappa shape index (κ1) is 13.2. The van der Waals surface area contributed by atoms with E-state index in [0.29, 0.717) is 0 Å². The number of ether oxygens (including phenoxy) is 1. The van der Waals surface area contributed by atoms with E-state index in [9.17, 15) is 9.90 Å². The fourth-order valence-electron chi connectivity index (χ4n) is 5.19. The minimum atomic E-state index is -0.901. The van der Waals surface area contributed by atoms with Crippen LogP contribution in [0.15, 0.2) is 12.7 Å². The summed E-state index contributed by atoms with van der Waals surface area (Å²) >= 11 is 0. The van der Waals surface area contributed by atoms with Crippen molar-refractivity contribution in [3.8, 4) is 0 Å². The molecule has 0 aliphatic heterocycles. The number of rotatable bonds is 4. The van der Waals surface area contributed by atoms with Gasteiger partial charge in [-0.25, -0.2) is 4.79 Å². The van der Waals surface area contributed by atoms with Crippen molar-refractivity contribution < 1.29 is 14.6 Å². The van der Waals surface area contributed by atoms with E-state index in [1.807, 2.05) is 6.92 Å². The zero-order chi connectivity index (χ0) is 13.7. The molecular formula is C16H24O3. The van der Waals surface area contributed by atoms with Gasteiger partial charge in [0.25, 0.3) is 0 Å². The van der Waals surface area contributed by atoms with Gasteiger partial charge in [0.2, 0.25) is 0 Å². The Kier molecular flexibility index (Phi) is 3.01. The molecular weight excluding hydrogens is 240 g/mol. The summed E-state index contributed by atoms with van der Waals surface area (Å²) in [6.45, 7) is 5.36. The second kappa shape index (κ2) is 4.34. The van der Waals surface area contributed by atoms with Crippen molar-refractivity contribution in [3.05, 3.63) is 12.7 Å². The summed E-state index contributed by atoms with van der Waals surface area (Å²) in [7, 11) is 0. The van der Waals surface area contributed by atoms with Crippen LogP contribution in [0.5, 0.6) is 0 Å². The molecule has 0 radical (unpaired) electrons. The van der Waals surface area contributed by atoms with Gasteiger partial charge < -0.3 is 9.84 Å². The molecule has 4 saturated carbocycles. The Morgan fingerprint density at radius 3 is 2.21 bits per heavy atom. The van der Waals surface area contributed by atoms with Gasteiger partial charge >= 0.3 is 5.97 Å². The summed E-state index contributed by atoms with van der Waals surface area (Å²) in [6.07, 6.45) is 8.54. The van der Waals surface area contributed by atoms with Crippen LogP contribution in [0, 0.1) is 23.2 Å². The number of aliphatic hydroxyl groups is 1. The van der Waals surface area contributed by atoms with E-state index < -0.39 is 11.6 Å². The maximum atomic E-state index is 11.2. The minimum Gasteiger partial charge on any atom is -0.459 e. The molecule has 4 fully saturated rings. The number of esters is 1. The van der Waals surface area contributed by atoms with Gasteiger partial charge in [0.1, 0.15) is 12.2 Å². The van der Waals surface area contributed by atoms with Crippen LogP contribution in [0.2, 0.25) is 0 Å². The van der Waals surface area contributed by atoms with E-state index in [2.05, 4.69) is 6.58 Å². The molecule has 0 saturated heterocycles. The molecule has 0 aromatic carbocycles. The van der Waals surface area contributed by atoms with Gasteiger partial charge in [0, 0.05) is 11.5 Å². The normalized spacial score (nSPS) is 42.7. The minimum absolute atomic E-state index is 0.0246. The molecule has 19 heavy (non-hydrogen) atoms. The highest BCUT2D eigenvalue weighted by atomic mass is 16.5. The molecule has 1 unspecified atom stereocenters. The van der Waals surface area contributed by atoms with E-state index in [4.69, 9.17) is 4.74 Å². The molecule has 0 aromatic heterocycles. The largest absolute Gasteiger partial charge is 0.459 e. The van der Waals surface area contributed by atoms with Crippen molar-refractivity contribution >= 4 is 5.97 Å². The Hall–Kier alpha value is -0.830. The van der Waals surface area contributed by atoms with Gasteiger partial charge in [-0.3, -0.25) is 0 Å². The monoisotopic (exact) mass is 264 g/mol. The number of hydrogen-bond donors (Lipinski definition) is 1. The fraction of sp³-hybridized carbons (Fsp3) is 0.812. The van der Waals surface area contributed by atoms with Crippen LogP contribution in [0.1, 0.15) is 45.4 Å². The van der Waals surface area contributed by atoms with Crippen LogP contribution >= 0.6 is 0 Å². The lowest BCUT2D eigenvalue weighted by molar-refractivity contribution is -0.194. The zero-order valence-electron chi connectivity index (χ0n) is 11.7. The zero-order valence-corrected chi connectivity index (χ0v) is 11.7. The lowest BCUT2D eigenvalue weighted by Crippen LogP contribution is -2.59. The topological polar surface area (TPSA) is 46.5 Å². The van der Waals surface area contributed by atoms with E-state index in [1.54, 1.807) is 0 Å². The standard InChI is InChI=1S/C16H24O3/c1-3-14(17)19-10-15(2,18)16-7-11-4-12(8-16)6-13(5-11)9-16/h3,11-13,18H,1,4-10H2,2H3. The van der Waals surface area contributed by atoms with Crippen LogP contribution in [0.4, 0.5) is 0 Å². The van der Waals surface area contributed by atoms with Crippen molar-refractivity contribution in [2.75, 3.05) is 6.61 Å². The Bertz CT molecular complexity index is 362. The van der Waals surface area contributed by atoms with Crippen molar-refractivity contribution in [1.29, 1.82) is 0 Å². The maximum absolute atomic E-state index is 11.2. The molecule has 106 valence electrons. The third-order valence-electron chi connectivity index (χ3n) is 5.84. The molecule has 0 spiro atoms. The van der Waals surface area contributed by atoms with Crippen LogP contribution in [0.3, 0.4) is 0 Å². The molecule has 4 rings (SSSR count). The highest BCUT2D eigenvalue weighted by Crippen LogP contribution is 2.63. The summed E-state index contributed by atoms with van der Waals surface area (Å²) in [5, 5.41) is 10.9. The third-order valence-corrected chi connectivity index (χ3v) is 5.84. The molecule has 1 N–H and O–H groups in total. The van der Waals surface area contributed by atoms with E-state index >= 15 is 0 Å². The van der Waals surface area contributed by atoms with Gasteiger partial charge in [-0.15, -0.1) is 0 Å². The fourth-order valence-corrected chi connectivity index (χ4v) is 5.19. The van der Waals surface area contributed by atoms with Gasteiger partial charge in [0.15, 0.2) is 0 Å². The lowest BCUT2D eigenvalue weighted by atomic mass is 9.45. The summed E-state index contributed by atoms with van der Waals surface area (Å²) in [4.78, 5) is 11.2. The Balaban J connectivity index is 1.76. The van der Waals surface area contributed by atoms with Gasteiger partial charge in [-0.1, -0.05) is 6.58 Å². The summed E-state index contributed by atoms with van der Waals surface area (Å²) in [5.41, 5.74) is -0.926. The summed E-state index contributed by atoms with van der Waals surface area (Å²) in [5.74, 6) is 1.92. The van der Waals surface area contributed by atoms with Gasteiger partial charge in [0.05, 0.1) is 0 Å². The first-order valence-electron chi connectivity index (χ1n) is 7.46. The highest BCUT2D eigenvalue weighted by molar-refractivity contribution is 5.81. The average Bonchev–Trinajstić information content (AvgIpc) is 2.34. The van der Waals surface area contributed by atoms with E-state index in [-0.39, 0.29) is 12.0 Å². The van der Waals surface area contributed by atoms with Crippen molar-refractivity contribution in [3.63, 3.8) is 0 Å². The number of carbonyl (C=O) groups excluding carboxylic acids is 1. The molecule has 0 aromatic rings. The van der Waals surface area contributed by atoms with Crippen LogP contribution in [0.25, 0.3) is 0 Å². The number of hydrogen-bond acceptors (Lipinski definition) is 3. The Morgan fingerprint density at radius 1 is 1.32 bits per heavy atom. The van der Waals surface area contributed by atoms with Crippen molar-refractivity contribution in [2.24, 2.45) is 23.2 Å². The van der Waals surface area contributed by atoms with E-state index in [1.165, 1.54) is 19.3 Å². The van der Waals surface area contributed by atoms with Gasteiger partial charge in [-0.2, -0.15) is 0 Å². The molecule has 0 amide bonds. The van der Waals surface area contributed by atoms with Crippen LogP contribution < -0.4 is 0 Å². The quantitative estimate of drug-likeness (QED) is 0.627. The smallest absolute Gasteiger partial charge is 0.330 e. The molecule has 0 heterocycles. The Morgan fingerprint density at radius 2 is 1.79 bits per heavy atom. The second-order valence-electron chi connectivity index (χ2n) is 7.28. The van der Waals surface area contributed by atoms with Crippen molar-refractivity contribution in [2.45, 2.75) is 51.0 Å². The average molecular weight is 264 g/mol. The molecule has 4 aliphatic rings. The van der Waals surface area contributed by atoms with E-state index in [0.717, 1.165) is 43.1 Å². The molecule has 3 heteroatoms.